The molecule has 0 spiro atoms. The lowest BCUT2D eigenvalue weighted by Gasteiger charge is -2.34. The monoisotopic (exact) mass is 888 g/mol. The van der Waals surface area contributed by atoms with Crippen LogP contribution in [-0.4, -0.2) is 75.5 Å². The number of nitrogens with zero attached hydrogens (tertiary/aromatic N) is 1. The molecule has 0 aromatic heterocycles. The van der Waals surface area contributed by atoms with Crippen LogP contribution in [0.5, 0.6) is 0 Å². The summed E-state index contributed by atoms with van der Waals surface area (Å²) in [5.41, 5.74) is 0. The van der Waals surface area contributed by atoms with Gasteiger partial charge in [0.25, 0.3) is 0 Å². The van der Waals surface area contributed by atoms with Crippen molar-refractivity contribution in [3.05, 3.63) is 122 Å². The van der Waals surface area contributed by atoms with Gasteiger partial charge in [-0.05, 0) is 96.3 Å². The number of carboxylic acids is 1. The normalized spacial score (nSPS) is 14.0. The molecule has 2 atom stereocenters. The molecule has 0 heterocycles. The van der Waals surface area contributed by atoms with Gasteiger partial charge in [-0.1, -0.05) is 167 Å². The molecule has 0 aromatic rings. The Hall–Kier alpha value is -4.27. The van der Waals surface area contributed by atoms with Gasteiger partial charge in [0.2, 0.25) is 0 Å². The quantitative estimate of drug-likeness (QED) is 0.0260. The van der Waals surface area contributed by atoms with Gasteiger partial charge in [0.05, 0.1) is 40.3 Å². The molecule has 2 unspecified atom stereocenters. The van der Waals surface area contributed by atoms with E-state index in [-0.39, 0.29) is 55.5 Å². The number of carbonyl (C=O) groups excluding carboxylic acids is 3. The summed E-state index contributed by atoms with van der Waals surface area (Å²) < 4.78 is 17.1. The highest BCUT2D eigenvalue weighted by molar-refractivity contribution is 5.70. The third kappa shape index (κ3) is 43.0. The minimum Gasteiger partial charge on any atom is -0.544 e. The fourth-order valence-electron chi connectivity index (χ4n) is 6.31. The van der Waals surface area contributed by atoms with Crippen molar-refractivity contribution in [2.45, 2.75) is 174 Å². The Labute approximate surface area is 391 Å². The Morgan fingerprint density at radius 1 is 0.484 bits per heavy atom. The number of likely N-dealkylation sites (N-methyl/N-ethyl adjacent to an activating group) is 1. The summed E-state index contributed by atoms with van der Waals surface area (Å²) in [5.74, 6) is -1.90. The number of allylic oxidation sites excluding steroid dienone is 20. The Balaban J connectivity index is 4.49. The van der Waals surface area contributed by atoms with Crippen LogP contribution in [0, 0.1) is 0 Å². The Bertz CT molecular complexity index is 1450. The van der Waals surface area contributed by atoms with Gasteiger partial charge in [0.15, 0.2) is 6.10 Å². The van der Waals surface area contributed by atoms with Gasteiger partial charge in [-0.15, -0.1) is 0 Å². The van der Waals surface area contributed by atoms with Gasteiger partial charge in [-0.2, -0.15) is 0 Å². The van der Waals surface area contributed by atoms with Crippen LogP contribution in [0.15, 0.2) is 122 Å². The van der Waals surface area contributed by atoms with Crippen LogP contribution >= 0.6 is 0 Å². The first-order chi connectivity index (χ1) is 31.1. The average Bonchev–Trinajstić information content (AvgIpc) is 3.26. The van der Waals surface area contributed by atoms with Gasteiger partial charge in [0, 0.05) is 19.3 Å². The van der Waals surface area contributed by atoms with E-state index in [0.29, 0.717) is 12.8 Å². The first-order valence-corrected chi connectivity index (χ1v) is 24.6. The maximum atomic E-state index is 12.7. The molecule has 0 aliphatic rings. The smallest absolute Gasteiger partial charge is 0.306 e. The van der Waals surface area contributed by atoms with Crippen LogP contribution in [0.25, 0.3) is 0 Å². The molecule has 64 heavy (non-hydrogen) atoms. The third-order valence-electron chi connectivity index (χ3n) is 10.1. The number of carboxylic acid groups (broad SMARTS) is 1. The lowest BCUT2D eigenvalue weighted by Crippen LogP contribution is -2.55. The summed E-state index contributed by atoms with van der Waals surface area (Å²) >= 11 is 0. The maximum absolute atomic E-state index is 12.7. The van der Waals surface area contributed by atoms with Crippen molar-refractivity contribution in [2.24, 2.45) is 0 Å². The van der Waals surface area contributed by atoms with Crippen LogP contribution in [0.2, 0.25) is 0 Å². The summed E-state index contributed by atoms with van der Waals surface area (Å²) in [6, 6.07) is -0.751. The molecule has 360 valence electrons. The Kier molecular flexibility index (Phi) is 42.3. The van der Waals surface area contributed by atoms with Gasteiger partial charge in [-0.3, -0.25) is 9.59 Å². The highest BCUT2D eigenvalue weighted by Crippen LogP contribution is 2.11. The molecule has 0 bridgehead atoms. The molecule has 0 rings (SSSR count). The minimum absolute atomic E-state index is 0.00621. The van der Waals surface area contributed by atoms with E-state index in [4.69, 9.17) is 14.2 Å². The van der Waals surface area contributed by atoms with Gasteiger partial charge in [0.1, 0.15) is 12.6 Å². The van der Waals surface area contributed by atoms with Crippen molar-refractivity contribution < 1.29 is 38.2 Å². The topological polar surface area (TPSA) is 102 Å². The molecule has 8 heteroatoms. The predicted molar refractivity (Wildman–Crippen MR) is 267 cm³/mol. The van der Waals surface area contributed by atoms with Crippen molar-refractivity contribution in [2.75, 3.05) is 41.0 Å². The number of rotatable bonds is 42. The summed E-state index contributed by atoms with van der Waals surface area (Å²) in [4.78, 5) is 36.9. The molecule has 0 saturated carbocycles. The second-order valence-electron chi connectivity index (χ2n) is 17.0. The van der Waals surface area contributed by atoms with E-state index >= 15 is 0 Å². The van der Waals surface area contributed by atoms with E-state index in [1.807, 2.05) is 0 Å². The fraction of sp³-hybridized carbons (Fsp3) is 0.589. The SMILES string of the molecule is CC/C=C/C/C=C/C/C=C/C/C=C/C/C=C/C/C=C/C/C=C/CCCC(=O)OCC(COCCC(C(=O)[O-])[N+](C)(C)C)OC(=O)CCC/C=C/C/C=C/C/C=C/CCCCCCCC. The fourth-order valence-corrected chi connectivity index (χ4v) is 6.31. The number of ether oxygens (including phenoxy) is 3. The van der Waals surface area contributed by atoms with Crippen LogP contribution in [0.4, 0.5) is 0 Å². The lowest BCUT2D eigenvalue weighted by atomic mass is 10.1. The van der Waals surface area contributed by atoms with E-state index in [1.54, 1.807) is 21.1 Å². The van der Waals surface area contributed by atoms with E-state index in [0.717, 1.165) is 77.0 Å². The highest BCUT2D eigenvalue weighted by atomic mass is 16.6. The van der Waals surface area contributed by atoms with Crippen molar-refractivity contribution in [3.8, 4) is 0 Å². The summed E-state index contributed by atoms with van der Waals surface area (Å²) in [5, 5.41) is 11.7. The van der Waals surface area contributed by atoms with Crippen molar-refractivity contribution >= 4 is 17.9 Å². The van der Waals surface area contributed by atoms with Crippen molar-refractivity contribution in [3.63, 3.8) is 0 Å². The second kappa shape index (κ2) is 45.3. The van der Waals surface area contributed by atoms with Crippen LogP contribution in [0.3, 0.4) is 0 Å². The molecule has 8 nitrogen and oxygen atoms in total. The van der Waals surface area contributed by atoms with Crippen LogP contribution < -0.4 is 5.11 Å². The summed E-state index contributed by atoms with van der Waals surface area (Å²) in [6.45, 7) is 4.40. The first kappa shape index (κ1) is 59.7. The Morgan fingerprint density at radius 3 is 1.30 bits per heavy atom. The summed E-state index contributed by atoms with van der Waals surface area (Å²) in [7, 11) is 5.36. The molecule has 0 aliphatic heterocycles. The van der Waals surface area contributed by atoms with Crippen molar-refractivity contribution in [1.29, 1.82) is 0 Å². The molecule has 0 fully saturated rings. The van der Waals surface area contributed by atoms with Crippen molar-refractivity contribution in [1.82, 2.24) is 0 Å². The minimum atomic E-state index is -1.15. The predicted octanol–water partition coefficient (Wildman–Crippen LogP) is 12.9. The number of esters is 2. The molecule has 0 amide bonds. The highest BCUT2D eigenvalue weighted by Gasteiger charge is 2.25. The number of hydrogen-bond donors (Lipinski definition) is 0. The zero-order valence-corrected chi connectivity index (χ0v) is 40.9. The maximum Gasteiger partial charge on any atom is 0.306 e. The molecule has 0 saturated heterocycles. The molecule has 0 N–H and O–H groups in total. The molecule has 0 radical (unpaired) electrons. The third-order valence-corrected chi connectivity index (χ3v) is 10.1. The second-order valence-corrected chi connectivity index (χ2v) is 17.0. The zero-order chi connectivity index (χ0) is 47.0. The number of carbonyl (C=O) groups is 3. The first-order valence-electron chi connectivity index (χ1n) is 24.6. The van der Waals surface area contributed by atoms with E-state index < -0.39 is 18.1 Å². The number of quaternary nitrogens is 1. The van der Waals surface area contributed by atoms with E-state index in [9.17, 15) is 19.5 Å². The average molecular weight is 888 g/mol. The number of hydrogen-bond acceptors (Lipinski definition) is 7. The van der Waals surface area contributed by atoms with Gasteiger partial charge >= 0.3 is 11.9 Å². The molecule has 0 aliphatic carbocycles. The number of unbranched alkanes of at least 4 members (excludes halogenated alkanes) is 8. The van der Waals surface area contributed by atoms with Gasteiger partial charge in [-0.25, -0.2) is 0 Å². The van der Waals surface area contributed by atoms with E-state index in [2.05, 4.69) is 135 Å². The zero-order valence-electron chi connectivity index (χ0n) is 40.9. The standard InChI is InChI=1S/C56H89NO7/c1-6-8-10-12-14-16-18-20-22-24-25-26-27-28-29-31-32-34-36-38-40-42-44-46-54(58)63-51-52(50-62-49-48-53(56(60)61)57(3,4)5)64-55(59)47-45-43-41-39-37-35-33-30-23-21-19-17-15-13-11-9-7-2/h8,10,14,16,20-23,25-26,28-29,32-35,38-41,52-53H,6-7,9,11-13,15,17-19,24,27,30-31,36-37,42-51H2,1-5H3/b10-8+,16-14+,22-20+,23-21+,26-25+,29-28+,34-32+,35-33+,40-38+,41-39+. The molecule has 0 aromatic carbocycles. The Morgan fingerprint density at radius 2 is 0.875 bits per heavy atom. The molecular formula is C56H89NO7. The molecular weight excluding hydrogens is 799 g/mol. The van der Waals surface area contributed by atoms with Gasteiger partial charge < -0.3 is 28.6 Å². The van der Waals surface area contributed by atoms with Crippen LogP contribution in [-0.2, 0) is 28.6 Å². The largest absolute Gasteiger partial charge is 0.544 e. The number of aliphatic carboxylic acids is 1. The van der Waals surface area contributed by atoms with E-state index in [1.165, 1.54) is 38.5 Å². The van der Waals surface area contributed by atoms with Crippen LogP contribution in [0.1, 0.15) is 162 Å². The lowest BCUT2D eigenvalue weighted by molar-refractivity contribution is -0.889. The summed E-state index contributed by atoms with van der Waals surface area (Å²) in [6.07, 6.45) is 63.9.